The molecule has 4 heteroatoms. The Kier molecular flexibility index (Phi) is 9.73. The third kappa shape index (κ3) is 6.50. The molecule has 0 radical (unpaired) electrons. The third-order valence-corrected chi connectivity index (χ3v) is 0.395. The molecule has 0 aliphatic heterocycles. The summed E-state index contributed by atoms with van der Waals surface area (Å²) in [5, 5.41) is 0. The average Bonchev–Trinajstić information content (AvgIpc) is 1.65. The van der Waals surface area contributed by atoms with E-state index in [1.807, 2.05) is 0 Å². The van der Waals surface area contributed by atoms with E-state index in [0.29, 0.717) is 0 Å². The number of rotatable bonds is 1. The van der Waals surface area contributed by atoms with Crippen LogP contribution in [0.5, 0.6) is 0 Å². The number of hydrogen-bond donors (Lipinski definition) is 0. The van der Waals surface area contributed by atoms with Gasteiger partial charge in [-0.05, 0) is 0 Å². The molecule has 0 unspecified atom stereocenters. The van der Waals surface area contributed by atoms with E-state index in [1.54, 1.807) is 0 Å². The fraction of sp³-hybridized carbons (Fsp3) is 0. The summed E-state index contributed by atoms with van der Waals surface area (Å²) in [6.45, 7) is 3.07. The molecule has 0 N–H and O–H groups in total. The summed E-state index contributed by atoms with van der Waals surface area (Å²) in [7, 11) is 0. The first-order valence-electron chi connectivity index (χ1n) is 1.26. The zero-order chi connectivity index (χ0) is 4.99. The predicted molar refractivity (Wildman–Crippen MR) is 29.3 cm³/mol. The van der Waals surface area contributed by atoms with Gasteiger partial charge in [-0.2, -0.15) is 0 Å². The van der Waals surface area contributed by atoms with Crippen LogP contribution in [0.4, 0.5) is 0 Å². The van der Waals surface area contributed by atoms with Crippen LogP contribution in [-0.4, -0.2) is 35.5 Å². The van der Waals surface area contributed by atoms with Crippen LogP contribution in [0.25, 0.3) is 0 Å². The van der Waals surface area contributed by atoms with Gasteiger partial charge < -0.3 is 4.29 Å². The van der Waals surface area contributed by atoms with E-state index in [2.05, 4.69) is 22.7 Å². The molecule has 0 saturated heterocycles. The van der Waals surface area contributed by atoms with Crippen LogP contribution in [0.3, 0.4) is 0 Å². The van der Waals surface area contributed by atoms with Crippen LogP contribution in [0.1, 0.15) is 0 Å². The van der Waals surface area contributed by atoms with Gasteiger partial charge in [-0.25, -0.2) is 4.79 Å². The molecule has 0 atom stereocenters. The summed E-state index contributed by atoms with van der Waals surface area (Å²) < 4.78 is 3.61. The van der Waals surface area contributed by atoms with Crippen LogP contribution in [-0.2, 0) is 9.08 Å². The van der Waals surface area contributed by atoms with Gasteiger partial charge in [-0.1, -0.05) is 6.58 Å². The second kappa shape index (κ2) is 6.50. The molecule has 0 heterocycles. The van der Waals surface area contributed by atoms with Crippen LogP contribution in [0.2, 0.25) is 0 Å². The Bertz CT molecular complexity index is 73.3. The van der Waals surface area contributed by atoms with Crippen LogP contribution in [0, 0.1) is 0 Å². The molecule has 36 valence electrons. The molecular formula is C3H4ClNaO2. The van der Waals surface area contributed by atoms with Crippen molar-refractivity contribution in [3.05, 3.63) is 12.7 Å². The Morgan fingerprint density at radius 2 is 2.29 bits per heavy atom. The monoisotopic (exact) mass is 130 g/mol. The summed E-state index contributed by atoms with van der Waals surface area (Å²) >= 11 is 4.53. The molecule has 0 fully saturated rings. The van der Waals surface area contributed by atoms with Gasteiger partial charge in [-0.3, -0.25) is 0 Å². The number of hydrogen-bond acceptors (Lipinski definition) is 2. The van der Waals surface area contributed by atoms with Crippen molar-refractivity contribution in [2.45, 2.75) is 0 Å². The molecule has 7 heavy (non-hydrogen) atoms. The maximum absolute atomic E-state index is 9.71. The van der Waals surface area contributed by atoms with Crippen molar-refractivity contribution in [2.75, 3.05) is 0 Å². The van der Waals surface area contributed by atoms with Crippen molar-refractivity contribution in [1.29, 1.82) is 0 Å². The van der Waals surface area contributed by atoms with Gasteiger partial charge >= 0.3 is 35.5 Å². The summed E-state index contributed by atoms with van der Waals surface area (Å²) in [6.07, 6.45) is 0.979. The predicted octanol–water partition coefficient (Wildman–Crippen LogP) is 0.221. The van der Waals surface area contributed by atoms with E-state index in [4.69, 9.17) is 0 Å². The van der Waals surface area contributed by atoms with Crippen molar-refractivity contribution in [2.24, 2.45) is 0 Å². The van der Waals surface area contributed by atoms with Crippen LogP contribution in [0.15, 0.2) is 12.7 Å². The van der Waals surface area contributed by atoms with Gasteiger partial charge in [0.05, 0.1) is 0 Å². The molecule has 0 rings (SSSR count). The van der Waals surface area contributed by atoms with E-state index in [0.717, 1.165) is 6.08 Å². The van der Waals surface area contributed by atoms with Crippen molar-refractivity contribution >= 4 is 47.4 Å². The summed E-state index contributed by atoms with van der Waals surface area (Å²) in [4.78, 5) is 9.71. The molecule has 0 aromatic carbocycles. The van der Waals surface area contributed by atoms with E-state index in [9.17, 15) is 4.79 Å². The van der Waals surface area contributed by atoms with Crippen molar-refractivity contribution in [3.63, 3.8) is 0 Å². The minimum absolute atomic E-state index is 0. The Labute approximate surface area is 68.9 Å². The standard InChI is InChI=1S/C3H3ClO2.Na.H/c1-2-3(5)6-4;;/h2H,1H2;;. The van der Waals surface area contributed by atoms with E-state index >= 15 is 0 Å². The number of carbonyl (C=O) groups is 1. The molecule has 0 aromatic heterocycles. The Balaban J connectivity index is 0. The quantitative estimate of drug-likeness (QED) is 0.375. The SMILES string of the molecule is C=CC(=O)OCl.[NaH]. The van der Waals surface area contributed by atoms with E-state index < -0.39 is 5.97 Å². The molecule has 0 aliphatic rings. The van der Waals surface area contributed by atoms with Gasteiger partial charge in [0.15, 0.2) is 0 Å². The number of halogens is 1. The van der Waals surface area contributed by atoms with Crippen molar-refractivity contribution in [1.82, 2.24) is 0 Å². The van der Waals surface area contributed by atoms with E-state index in [-0.39, 0.29) is 29.6 Å². The fourth-order valence-electron chi connectivity index (χ4n) is 0.0315. The Hall–Kier alpha value is 0.500. The van der Waals surface area contributed by atoms with Gasteiger partial charge in [0.25, 0.3) is 0 Å². The molecule has 2 nitrogen and oxygen atoms in total. The first-order valence-corrected chi connectivity index (χ1v) is 1.57. The zero-order valence-corrected chi connectivity index (χ0v) is 3.73. The molecule has 0 aliphatic carbocycles. The van der Waals surface area contributed by atoms with Gasteiger partial charge in [-0.15, -0.1) is 0 Å². The van der Waals surface area contributed by atoms with Crippen molar-refractivity contribution < 1.29 is 9.08 Å². The number of carbonyl (C=O) groups excluding carboxylic acids is 1. The Morgan fingerprint density at radius 3 is 2.29 bits per heavy atom. The van der Waals surface area contributed by atoms with Gasteiger partial charge in [0.2, 0.25) is 0 Å². The maximum atomic E-state index is 9.71. The molecule has 0 saturated carbocycles. The van der Waals surface area contributed by atoms with E-state index in [1.165, 1.54) is 0 Å². The average molecular weight is 131 g/mol. The molecule has 0 aromatic rings. The molecule has 0 spiro atoms. The molecule has 0 amide bonds. The Morgan fingerprint density at radius 1 is 1.86 bits per heavy atom. The first-order chi connectivity index (χ1) is 2.81. The third-order valence-electron chi connectivity index (χ3n) is 0.243. The minimum atomic E-state index is -0.628. The normalized spacial score (nSPS) is 5.86. The summed E-state index contributed by atoms with van der Waals surface area (Å²) in [5.74, 6) is -0.628. The molecule has 0 bridgehead atoms. The second-order valence-corrected chi connectivity index (χ2v) is 0.755. The first kappa shape index (κ1) is 10.5. The second-order valence-electron chi connectivity index (χ2n) is 0.600. The van der Waals surface area contributed by atoms with Crippen molar-refractivity contribution in [3.8, 4) is 0 Å². The van der Waals surface area contributed by atoms with Gasteiger partial charge in [0, 0.05) is 6.08 Å². The molecular weight excluding hydrogens is 126 g/mol. The summed E-state index contributed by atoms with van der Waals surface area (Å²) in [6, 6.07) is 0. The van der Waals surface area contributed by atoms with Gasteiger partial charge in [0.1, 0.15) is 11.9 Å². The fourth-order valence-corrected chi connectivity index (χ4v) is 0.0945. The zero-order valence-electron chi connectivity index (χ0n) is 2.98. The van der Waals surface area contributed by atoms with Crippen LogP contribution < -0.4 is 0 Å². The topological polar surface area (TPSA) is 26.3 Å². The summed E-state index contributed by atoms with van der Waals surface area (Å²) in [5.41, 5.74) is 0. The van der Waals surface area contributed by atoms with Crippen LogP contribution >= 0.6 is 11.9 Å².